The average molecular weight is 657 g/mol. The zero-order valence-corrected chi connectivity index (χ0v) is 27.3. The second-order valence-electron chi connectivity index (χ2n) is 12.5. The summed E-state index contributed by atoms with van der Waals surface area (Å²) in [7, 11) is 0. The monoisotopic (exact) mass is 656 g/mol. The van der Waals surface area contributed by atoms with Crippen molar-refractivity contribution >= 4 is 23.2 Å². The highest BCUT2D eigenvalue weighted by atomic mass is 32.1. The summed E-state index contributed by atoms with van der Waals surface area (Å²) in [5, 5.41) is 20.9. The number of hydrogen-bond donors (Lipinski definition) is 3. The van der Waals surface area contributed by atoms with Gasteiger partial charge in [0, 0.05) is 41.3 Å². The average Bonchev–Trinajstić information content (AvgIpc) is 3.88. The number of nitrogens with one attached hydrogen (secondary N) is 2. The van der Waals surface area contributed by atoms with Crippen LogP contribution in [0.4, 0.5) is 4.39 Å². The summed E-state index contributed by atoms with van der Waals surface area (Å²) in [5.41, 5.74) is 3.64. The van der Waals surface area contributed by atoms with Crippen LogP contribution in [-0.2, 0) is 24.4 Å². The molecule has 2 amide bonds. The van der Waals surface area contributed by atoms with E-state index in [4.69, 9.17) is 4.74 Å². The first-order valence-corrected chi connectivity index (χ1v) is 17.1. The lowest BCUT2D eigenvalue weighted by atomic mass is 9.94. The fourth-order valence-corrected chi connectivity index (χ4v) is 7.49. The molecule has 0 saturated carbocycles. The van der Waals surface area contributed by atoms with E-state index in [1.807, 2.05) is 73.0 Å². The van der Waals surface area contributed by atoms with Gasteiger partial charge in [0.05, 0.1) is 30.9 Å². The number of thiazole rings is 1. The van der Waals surface area contributed by atoms with Gasteiger partial charge in [0.2, 0.25) is 0 Å². The van der Waals surface area contributed by atoms with Gasteiger partial charge in [-0.05, 0) is 67.5 Å². The van der Waals surface area contributed by atoms with Gasteiger partial charge in [-0.15, -0.1) is 11.3 Å². The van der Waals surface area contributed by atoms with Crippen molar-refractivity contribution in [2.45, 2.75) is 76.2 Å². The molecule has 3 heterocycles. The van der Waals surface area contributed by atoms with E-state index in [-0.39, 0.29) is 40.8 Å². The number of likely N-dealkylation sites (tertiary alicyclic amines) is 1. The number of ether oxygens (including phenoxy) is 1. The number of hydrogen-bond acceptors (Lipinski definition) is 7. The fraction of sp³-hybridized carbons (Fsp3) is 0.378. The molecule has 246 valence electrons. The Hall–Kier alpha value is -3.96. The standard InChI is InChI=1S/C37H41FN4O4S/c1-24-23-47-36(40-24)33-13-8-14-42(33)37(45)29-16-27(20-38)15-28(18-29)35(44)41-32(17-25-9-4-2-5-10-25)34(43)31-19-30(21-39-31)46-22-26-11-6-3-7-12-26/h2-7,9-12,15-16,18,23,30-34,39,43H,8,13-14,17,19-22H2,1H3,(H,41,44)/t30-,31-,32-,33-,34+/m1/s1. The summed E-state index contributed by atoms with van der Waals surface area (Å²) in [6.07, 6.45) is 1.61. The van der Waals surface area contributed by atoms with Crippen molar-refractivity contribution < 1.29 is 23.8 Å². The number of rotatable bonds is 12. The molecule has 0 unspecified atom stereocenters. The Morgan fingerprint density at radius 3 is 2.49 bits per heavy atom. The molecule has 8 nitrogen and oxygen atoms in total. The Morgan fingerprint density at radius 2 is 1.79 bits per heavy atom. The number of aromatic nitrogens is 1. The molecule has 2 aliphatic rings. The molecule has 2 fully saturated rings. The first-order chi connectivity index (χ1) is 22.9. The van der Waals surface area contributed by atoms with E-state index in [0.29, 0.717) is 32.5 Å². The molecule has 47 heavy (non-hydrogen) atoms. The van der Waals surface area contributed by atoms with Crippen LogP contribution in [0.1, 0.15) is 73.4 Å². The molecular weight excluding hydrogens is 615 g/mol. The van der Waals surface area contributed by atoms with Gasteiger partial charge < -0.3 is 25.4 Å². The lowest BCUT2D eigenvalue weighted by Gasteiger charge is -2.29. The maximum atomic E-state index is 14.1. The normalized spacial score (nSPS) is 20.7. The van der Waals surface area contributed by atoms with E-state index in [2.05, 4.69) is 15.6 Å². The molecular formula is C37H41FN4O4S. The number of aliphatic hydroxyl groups is 1. The molecule has 4 aromatic rings. The number of halogens is 1. The van der Waals surface area contributed by atoms with Gasteiger partial charge in [-0.3, -0.25) is 9.59 Å². The van der Waals surface area contributed by atoms with Crippen molar-refractivity contribution in [1.29, 1.82) is 0 Å². The topological polar surface area (TPSA) is 104 Å². The second kappa shape index (κ2) is 15.3. The maximum absolute atomic E-state index is 14.1. The van der Waals surface area contributed by atoms with Gasteiger partial charge in [0.1, 0.15) is 11.7 Å². The Bertz CT molecular complexity index is 1650. The fourth-order valence-electron chi connectivity index (χ4n) is 6.55. The summed E-state index contributed by atoms with van der Waals surface area (Å²) in [6, 6.07) is 23.1. The van der Waals surface area contributed by atoms with Crippen LogP contribution in [0.3, 0.4) is 0 Å². The van der Waals surface area contributed by atoms with Crippen LogP contribution in [0.2, 0.25) is 0 Å². The predicted molar refractivity (Wildman–Crippen MR) is 180 cm³/mol. The minimum absolute atomic E-state index is 0.0829. The minimum Gasteiger partial charge on any atom is -0.389 e. The van der Waals surface area contributed by atoms with E-state index in [1.165, 1.54) is 29.5 Å². The molecule has 0 bridgehead atoms. The molecule has 0 aliphatic carbocycles. The van der Waals surface area contributed by atoms with E-state index in [1.54, 1.807) is 4.90 Å². The van der Waals surface area contributed by atoms with Crippen LogP contribution in [0.25, 0.3) is 0 Å². The Morgan fingerprint density at radius 1 is 1.06 bits per heavy atom. The highest BCUT2D eigenvalue weighted by molar-refractivity contribution is 7.09. The predicted octanol–water partition coefficient (Wildman–Crippen LogP) is 5.55. The molecule has 2 aliphatic heterocycles. The van der Waals surface area contributed by atoms with Crippen molar-refractivity contribution in [2.24, 2.45) is 0 Å². The SMILES string of the molecule is Cc1csc([C@H]2CCCN2C(=O)c2cc(CF)cc(C(=O)N[C@H](Cc3ccccc3)[C@@H](O)[C@H]3C[C@@H](OCc4ccccc4)CN3)c2)n1. The second-order valence-corrected chi connectivity index (χ2v) is 13.4. The van der Waals surface area contributed by atoms with E-state index < -0.39 is 24.7 Å². The van der Waals surface area contributed by atoms with Crippen molar-refractivity contribution in [2.75, 3.05) is 13.1 Å². The number of benzene rings is 3. The van der Waals surface area contributed by atoms with Crippen LogP contribution in [0, 0.1) is 6.92 Å². The van der Waals surface area contributed by atoms with Gasteiger partial charge >= 0.3 is 0 Å². The highest BCUT2D eigenvalue weighted by Gasteiger charge is 2.36. The van der Waals surface area contributed by atoms with Crippen LogP contribution in [0.15, 0.2) is 84.2 Å². The number of aliphatic hydroxyl groups excluding tert-OH is 1. The molecule has 0 radical (unpaired) electrons. The molecule has 10 heteroatoms. The molecule has 1 aromatic heterocycles. The summed E-state index contributed by atoms with van der Waals surface area (Å²) < 4.78 is 20.2. The number of carbonyl (C=O) groups excluding carboxylic acids is 2. The maximum Gasteiger partial charge on any atom is 0.254 e. The molecule has 5 atom stereocenters. The van der Waals surface area contributed by atoms with E-state index in [9.17, 15) is 19.1 Å². The van der Waals surface area contributed by atoms with Crippen molar-refractivity contribution in [1.82, 2.24) is 20.5 Å². The largest absolute Gasteiger partial charge is 0.389 e. The van der Waals surface area contributed by atoms with Gasteiger partial charge in [-0.25, -0.2) is 9.37 Å². The van der Waals surface area contributed by atoms with Gasteiger partial charge in [0.15, 0.2) is 0 Å². The van der Waals surface area contributed by atoms with Crippen LogP contribution in [0.5, 0.6) is 0 Å². The Labute approximate surface area is 279 Å². The third-order valence-corrected chi connectivity index (χ3v) is 10.0. The number of alkyl halides is 1. The van der Waals surface area contributed by atoms with Crippen LogP contribution in [-0.4, -0.2) is 64.2 Å². The third-order valence-electron chi connectivity index (χ3n) is 8.98. The van der Waals surface area contributed by atoms with Crippen LogP contribution >= 0.6 is 11.3 Å². The van der Waals surface area contributed by atoms with Crippen molar-refractivity contribution in [3.05, 3.63) is 123 Å². The summed E-state index contributed by atoms with van der Waals surface area (Å²) in [5.74, 6) is -0.722. The zero-order chi connectivity index (χ0) is 32.8. The van der Waals surface area contributed by atoms with Crippen LogP contribution < -0.4 is 10.6 Å². The number of nitrogens with zero attached hydrogens (tertiary/aromatic N) is 2. The Kier molecular flexibility index (Phi) is 10.7. The minimum atomic E-state index is -0.929. The summed E-state index contributed by atoms with van der Waals surface area (Å²) in [6.45, 7) is 2.75. The van der Waals surface area contributed by atoms with Crippen molar-refractivity contribution in [3.8, 4) is 0 Å². The zero-order valence-electron chi connectivity index (χ0n) is 26.5. The van der Waals surface area contributed by atoms with Gasteiger partial charge in [-0.2, -0.15) is 0 Å². The van der Waals surface area contributed by atoms with E-state index >= 15 is 0 Å². The molecule has 3 aromatic carbocycles. The third kappa shape index (κ3) is 8.13. The number of carbonyl (C=O) groups is 2. The smallest absolute Gasteiger partial charge is 0.254 e. The molecule has 2 saturated heterocycles. The number of amides is 2. The first kappa shape index (κ1) is 33.0. The first-order valence-electron chi connectivity index (χ1n) is 16.2. The van der Waals surface area contributed by atoms with Gasteiger partial charge in [0.25, 0.3) is 11.8 Å². The van der Waals surface area contributed by atoms with Gasteiger partial charge in [-0.1, -0.05) is 60.7 Å². The summed E-state index contributed by atoms with van der Waals surface area (Å²) in [4.78, 5) is 34.0. The molecule has 0 spiro atoms. The van der Waals surface area contributed by atoms with Crippen molar-refractivity contribution in [3.63, 3.8) is 0 Å². The highest BCUT2D eigenvalue weighted by Crippen LogP contribution is 2.35. The molecule has 3 N–H and O–H groups in total. The van der Waals surface area contributed by atoms with E-state index in [0.717, 1.165) is 34.7 Å². The molecule has 6 rings (SSSR count). The number of aryl methyl sites for hydroxylation is 1. The Balaban J connectivity index is 1.18. The quantitative estimate of drug-likeness (QED) is 0.185. The lowest BCUT2D eigenvalue weighted by Crippen LogP contribution is -2.52. The summed E-state index contributed by atoms with van der Waals surface area (Å²) >= 11 is 1.54. The lowest BCUT2D eigenvalue weighted by molar-refractivity contribution is 0.0419.